The molecule has 3 nitrogen and oxygen atoms in total. The number of hydrogen-bond acceptors (Lipinski definition) is 3. The fourth-order valence-corrected chi connectivity index (χ4v) is 2.20. The molecule has 3 heteroatoms. The predicted molar refractivity (Wildman–Crippen MR) is 87.5 cm³/mol. The van der Waals surface area contributed by atoms with Crippen LogP contribution in [0.15, 0.2) is 24.3 Å². The van der Waals surface area contributed by atoms with Crippen molar-refractivity contribution in [3.8, 4) is 11.8 Å². The van der Waals surface area contributed by atoms with E-state index in [0.29, 0.717) is 5.56 Å². The lowest BCUT2D eigenvalue weighted by Gasteiger charge is -2.21. The average molecular weight is 288 g/mol. The molecule has 0 heterocycles. The van der Waals surface area contributed by atoms with Crippen molar-refractivity contribution in [2.24, 2.45) is 0 Å². The van der Waals surface area contributed by atoms with Gasteiger partial charge in [0, 0.05) is 6.54 Å². The first-order valence-electron chi connectivity index (χ1n) is 8.15. The minimum absolute atomic E-state index is 0.674. The van der Waals surface area contributed by atoms with E-state index in [0.717, 1.165) is 25.3 Å². The molecule has 0 amide bonds. The van der Waals surface area contributed by atoms with Gasteiger partial charge in [-0.3, -0.25) is 0 Å². The highest BCUT2D eigenvalue weighted by Gasteiger charge is 2.03. The highest BCUT2D eigenvalue weighted by atomic mass is 16.5. The third kappa shape index (κ3) is 7.72. The molecule has 0 bridgehead atoms. The number of nitriles is 1. The Morgan fingerprint density at radius 1 is 0.952 bits per heavy atom. The van der Waals surface area contributed by atoms with Gasteiger partial charge in [0.25, 0.3) is 0 Å². The first-order valence-corrected chi connectivity index (χ1v) is 8.15. The lowest BCUT2D eigenvalue weighted by molar-refractivity contribution is 0.229. The van der Waals surface area contributed by atoms with Gasteiger partial charge in [0.15, 0.2) is 0 Å². The van der Waals surface area contributed by atoms with Crippen molar-refractivity contribution < 1.29 is 4.74 Å². The van der Waals surface area contributed by atoms with Gasteiger partial charge in [-0.1, -0.05) is 26.7 Å². The third-order valence-corrected chi connectivity index (χ3v) is 3.53. The molecular weight excluding hydrogens is 260 g/mol. The van der Waals surface area contributed by atoms with Gasteiger partial charge < -0.3 is 9.64 Å². The molecule has 0 saturated carbocycles. The van der Waals surface area contributed by atoms with Gasteiger partial charge in [-0.2, -0.15) is 5.26 Å². The monoisotopic (exact) mass is 288 g/mol. The molecule has 0 spiro atoms. The van der Waals surface area contributed by atoms with Crippen LogP contribution in [-0.4, -0.2) is 31.1 Å². The van der Waals surface area contributed by atoms with Crippen LogP contribution in [0.5, 0.6) is 5.75 Å². The number of ether oxygens (including phenoxy) is 1. The summed E-state index contributed by atoms with van der Waals surface area (Å²) < 4.78 is 5.73. The van der Waals surface area contributed by atoms with Crippen molar-refractivity contribution in [2.45, 2.75) is 46.0 Å². The van der Waals surface area contributed by atoms with Crippen molar-refractivity contribution in [1.82, 2.24) is 4.90 Å². The summed E-state index contributed by atoms with van der Waals surface area (Å²) in [5.41, 5.74) is 0.674. The quantitative estimate of drug-likeness (QED) is 0.572. The van der Waals surface area contributed by atoms with E-state index in [1.165, 1.54) is 38.8 Å². The van der Waals surface area contributed by atoms with Crippen LogP contribution >= 0.6 is 0 Å². The van der Waals surface area contributed by atoms with Crippen LogP contribution in [0.25, 0.3) is 0 Å². The SMILES string of the molecule is CCCCN(CCCC)CCCOc1ccc(C#N)cc1. The van der Waals surface area contributed by atoms with Gasteiger partial charge >= 0.3 is 0 Å². The highest BCUT2D eigenvalue weighted by molar-refractivity contribution is 5.34. The molecule has 1 aromatic rings. The second-order valence-corrected chi connectivity index (χ2v) is 5.39. The maximum atomic E-state index is 8.75. The average Bonchev–Trinajstić information content (AvgIpc) is 2.53. The molecular formula is C18H28N2O. The smallest absolute Gasteiger partial charge is 0.119 e. The van der Waals surface area contributed by atoms with E-state index in [1.807, 2.05) is 12.1 Å². The minimum Gasteiger partial charge on any atom is -0.494 e. The molecule has 21 heavy (non-hydrogen) atoms. The molecule has 0 aromatic heterocycles. The fraction of sp³-hybridized carbons (Fsp3) is 0.611. The Morgan fingerprint density at radius 2 is 1.52 bits per heavy atom. The van der Waals surface area contributed by atoms with E-state index in [-0.39, 0.29) is 0 Å². The molecule has 0 aliphatic carbocycles. The van der Waals surface area contributed by atoms with Crippen molar-refractivity contribution >= 4 is 0 Å². The first-order chi connectivity index (χ1) is 10.3. The lowest BCUT2D eigenvalue weighted by Crippen LogP contribution is -2.28. The summed E-state index contributed by atoms with van der Waals surface area (Å²) in [7, 11) is 0. The standard InChI is InChI=1S/C18H28N2O/c1-3-5-12-20(13-6-4-2)14-7-15-21-18-10-8-17(16-19)9-11-18/h8-11H,3-7,12-15H2,1-2H3. The fourth-order valence-electron chi connectivity index (χ4n) is 2.20. The molecule has 116 valence electrons. The first kappa shape index (κ1) is 17.5. The zero-order chi connectivity index (χ0) is 15.3. The molecule has 0 N–H and O–H groups in total. The second kappa shape index (κ2) is 11.2. The Balaban J connectivity index is 2.24. The summed E-state index contributed by atoms with van der Waals surface area (Å²) >= 11 is 0. The van der Waals surface area contributed by atoms with Gasteiger partial charge in [-0.05, 0) is 56.6 Å². The van der Waals surface area contributed by atoms with Crippen LogP contribution in [0, 0.1) is 11.3 Å². The van der Waals surface area contributed by atoms with Crippen LogP contribution in [0.3, 0.4) is 0 Å². The normalized spacial score (nSPS) is 10.6. The summed E-state index contributed by atoms with van der Waals surface area (Å²) in [6.45, 7) is 8.73. The largest absolute Gasteiger partial charge is 0.494 e. The van der Waals surface area contributed by atoms with E-state index in [4.69, 9.17) is 10.00 Å². The van der Waals surface area contributed by atoms with Crippen LogP contribution in [0.2, 0.25) is 0 Å². The summed E-state index contributed by atoms with van der Waals surface area (Å²) in [4.78, 5) is 2.55. The van der Waals surface area contributed by atoms with Gasteiger partial charge in [0.2, 0.25) is 0 Å². The second-order valence-electron chi connectivity index (χ2n) is 5.39. The summed E-state index contributed by atoms with van der Waals surface area (Å²) in [5.74, 6) is 0.850. The number of benzene rings is 1. The van der Waals surface area contributed by atoms with E-state index in [9.17, 15) is 0 Å². The Hall–Kier alpha value is -1.53. The molecule has 0 aliphatic rings. The molecule has 0 aliphatic heterocycles. The Kier molecular flexibility index (Phi) is 9.32. The van der Waals surface area contributed by atoms with Crippen LogP contribution < -0.4 is 4.74 Å². The van der Waals surface area contributed by atoms with Crippen LogP contribution in [0.1, 0.15) is 51.5 Å². The summed E-state index contributed by atoms with van der Waals surface area (Å²) in [6, 6.07) is 9.44. The number of rotatable bonds is 11. The van der Waals surface area contributed by atoms with E-state index in [1.54, 1.807) is 12.1 Å². The number of hydrogen-bond donors (Lipinski definition) is 0. The molecule has 0 radical (unpaired) electrons. The molecule has 0 fully saturated rings. The highest BCUT2D eigenvalue weighted by Crippen LogP contribution is 2.12. The summed E-state index contributed by atoms with van der Waals surface area (Å²) in [6.07, 6.45) is 6.11. The summed E-state index contributed by atoms with van der Waals surface area (Å²) in [5, 5.41) is 8.75. The van der Waals surface area contributed by atoms with Crippen LogP contribution in [-0.2, 0) is 0 Å². The van der Waals surface area contributed by atoms with Crippen molar-refractivity contribution in [2.75, 3.05) is 26.2 Å². The van der Waals surface area contributed by atoms with Gasteiger partial charge in [0.1, 0.15) is 5.75 Å². The van der Waals surface area contributed by atoms with Gasteiger partial charge in [-0.15, -0.1) is 0 Å². The van der Waals surface area contributed by atoms with E-state index in [2.05, 4.69) is 24.8 Å². The molecule has 1 aromatic carbocycles. The van der Waals surface area contributed by atoms with Crippen molar-refractivity contribution in [3.05, 3.63) is 29.8 Å². The topological polar surface area (TPSA) is 36.3 Å². The predicted octanol–water partition coefficient (Wildman–Crippen LogP) is 4.23. The zero-order valence-corrected chi connectivity index (χ0v) is 13.5. The molecule has 0 unspecified atom stereocenters. The lowest BCUT2D eigenvalue weighted by atomic mass is 10.2. The van der Waals surface area contributed by atoms with Crippen LogP contribution in [0.4, 0.5) is 0 Å². The van der Waals surface area contributed by atoms with E-state index >= 15 is 0 Å². The molecule has 0 atom stereocenters. The van der Waals surface area contributed by atoms with Crippen molar-refractivity contribution in [1.29, 1.82) is 5.26 Å². The Bertz CT molecular complexity index is 400. The maximum Gasteiger partial charge on any atom is 0.119 e. The third-order valence-electron chi connectivity index (χ3n) is 3.53. The van der Waals surface area contributed by atoms with Gasteiger partial charge in [-0.25, -0.2) is 0 Å². The maximum absolute atomic E-state index is 8.75. The number of nitrogens with zero attached hydrogens (tertiary/aromatic N) is 2. The number of unbranched alkanes of at least 4 members (excludes halogenated alkanes) is 2. The zero-order valence-electron chi connectivity index (χ0n) is 13.5. The molecule has 1 rings (SSSR count). The van der Waals surface area contributed by atoms with Gasteiger partial charge in [0.05, 0.1) is 18.2 Å². The van der Waals surface area contributed by atoms with Crippen molar-refractivity contribution in [3.63, 3.8) is 0 Å². The molecule has 0 saturated heterocycles. The van der Waals surface area contributed by atoms with E-state index < -0.39 is 0 Å². The Morgan fingerprint density at radius 3 is 2.05 bits per heavy atom. The minimum atomic E-state index is 0.674. The Labute approximate surface area is 129 Å².